The Morgan fingerprint density at radius 2 is 1.88 bits per heavy atom. The molecule has 0 spiro atoms. The van der Waals surface area contributed by atoms with Crippen LogP contribution in [0.1, 0.15) is 47.5 Å². The van der Waals surface area contributed by atoms with Crippen molar-refractivity contribution in [3.63, 3.8) is 0 Å². The third-order valence-corrected chi connectivity index (χ3v) is 9.13. The summed E-state index contributed by atoms with van der Waals surface area (Å²) in [4.78, 5) is 2.65. The van der Waals surface area contributed by atoms with E-state index in [0.717, 1.165) is 24.3 Å². The summed E-state index contributed by atoms with van der Waals surface area (Å²) in [5.41, 5.74) is 0.243. The number of nitrogens with one attached hydrogen (secondary N) is 1. The minimum absolute atomic E-state index is 0.243. The number of nitrogens with zero attached hydrogens (tertiary/aromatic N) is 3. The molecule has 7 unspecified atom stereocenters. The predicted molar refractivity (Wildman–Crippen MR) is 105 cm³/mol. The summed E-state index contributed by atoms with van der Waals surface area (Å²) in [6.07, 6.45) is 3.02. The number of piperidine rings is 1. The lowest BCUT2D eigenvalue weighted by Gasteiger charge is -2.49. The van der Waals surface area contributed by atoms with Gasteiger partial charge in [0.25, 0.3) is 0 Å². The molecule has 3 fully saturated rings. The molecule has 4 nitrogen and oxygen atoms in total. The van der Waals surface area contributed by atoms with Crippen molar-refractivity contribution >= 4 is 11.8 Å². The molecule has 140 valence electrons. The highest BCUT2D eigenvalue weighted by atomic mass is 32.2. The first-order valence-corrected chi connectivity index (χ1v) is 10.7. The van der Waals surface area contributed by atoms with Crippen molar-refractivity contribution < 1.29 is 0 Å². The first-order valence-electron chi connectivity index (χ1n) is 9.76. The van der Waals surface area contributed by atoms with Gasteiger partial charge in [0.15, 0.2) is 0 Å². The maximum atomic E-state index is 3.89. The first-order chi connectivity index (χ1) is 11.2. The zero-order valence-electron chi connectivity index (χ0n) is 16.9. The van der Waals surface area contributed by atoms with Crippen LogP contribution in [-0.2, 0) is 0 Å². The van der Waals surface area contributed by atoms with Crippen molar-refractivity contribution in [2.75, 3.05) is 27.7 Å². The van der Waals surface area contributed by atoms with Crippen LogP contribution in [-0.4, -0.2) is 71.0 Å². The topological polar surface area (TPSA) is 21.8 Å². The Hall–Kier alpha value is 0.190. The molecule has 0 bridgehead atoms. The Labute approximate surface area is 153 Å². The van der Waals surface area contributed by atoms with E-state index in [1.165, 1.54) is 12.8 Å². The smallest absolute Gasteiger partial charge is 0.0871 e. The van der Waals surface area contributed by atoms with Crippen LogP contribution in [0.4, 0.5) is 0 Å². The summed E-state index contributed by atoms with van der Waals surface area (Å²) in [6.45, 7) is 13.2. The molecule has 3 rings (SSSR count). The highest BCUT2D eigenvalue weighted by Crippen LogP contribution is 2.59. The summed E-state index contributed by atoms with van der Waals surface area (Å²) in [5.74, 6) is 2.28. The summed E-state index contributed by atoms with van der Waals surface area (Å²) >= 11 is 2.23. The zero-order chi connectivity index (χ0) is 17.8. The largest absolute Gasteiger partial charge is 0.300 e. The van der Waals surface area contributed by atoms with Gasteiger partial charge in [-0.25, -0.2) is 10.0 Å². The average Bonchev–Trinajstić information content (AvgIpc) is 2.90. The molecule has 1 N–H and O–H groups in total. The second kappa shape index (κ2) is 6.73. The molecule has 7 atom stereocenters. The minimum Gasteiger partial charge on any atom is -0.300 e. The van der Waals surface area contributed by atoms with Crippen molar-refractivity contribution in [2.45, 2.75) is 75.8 Å². The Kier molecular flexibility index (Phi) is 5.32. The summed E-state index contributed by atoms with van der Waals surface area (Å²) in [7, 11) is 6.92. The van der Waals surface area contributed by atoms with Gasteiger partial charge < -0.3 is 0 Å². The number of fused-ring (bicyclic) bond motifs is 3. The number of hydrogen-bond acceptors (Lipinski definition) is 5. The zero-order valence-corrected chi connectivity index (χ0v) is 17.7. The van der Waals surface area contributed by atoms with Crippen LogP contribution in [0.5, 0.6) is 0 Å². The summed E-state index contributed by atoms with van der Waals surface area (Å²) < 4.78 is 0. The molecule has 24 heavy (non-hydrogen) atoms. The van der Waals surface area contributed by atoms with E-state index in [9.17, 15) is 0 Å². The number of hydrogen-bond donors (Lipinski definition) is 1. The van der Waals surface area contributed by atoms with E-state index >= 15 is 0 Å². The maximum Gasteiger partial charge on any atom is 0.0871 e. The van der Waals surface area contributed by atoms with Gasteiger partial charge in [0.1, 0.15) is 0 Å². The molecule has 0 aromatic heterocycles. The van der Waals surface area contributed by atoms with Gasteiger partial charge in [-0.2, -0.15) is 0 Å². The van der Waals surface area contributed by atoms with Crippen LogP contribution in [0.15, 0.2) is 0 Å². The molecule has 3 heterocycles. The van der Waals surface area contributed by atoms with Crippen LogP contribution in [0.25, 0.3) is 0 Å². The van der Waals surface area contributed by atoms with Gasteiger partial charge in [0, 0.05) is 26.1 Å². The van der Waals surface area contributed by atoms with Gasteiger partial charge in [0.05, 0.1) is 22.3 Å². The minimum atomic E-state index is 0.243. The van der Waals surface area contributed by atoms with E-state index in [4.69, 9.17) is 0 Å². The lowest BCUT2D eigenvalue weighted by molar-refractivity contribution is -0.0733. The SMILES string of the molecule is CC(C)CCNC1C2SC3C(C(C)CC(C)N3C)C2(C)N(C)N1C. The predicted octanol–water partition coefficient (Wildman–Crippen LogP) is 2.92. The van der Waals surface area contributed by atoms with Gasteiger partial charge in [-0.1, -0.05) is 20.8 Å². The van der Waals surface area contributed by atoms with E-state index in [-0.39, 0.29) is 5.54 Å². The summed E-state index contributed by atoms with van der Waals surface area (Å²) in [6, 6.07) is 0.701. The van der Waals surface area contributed by atoms with Gasteiger partial charge in [-0.05, 0) is 52.1 Å². The Morgan fingerprint density at radius 1 is 1.21 bits per heavy atom. The third-order valence-electron chi connectivity index (χ3n) is 7.20. The molecule has 0 radical (unpaired) electrons. The molecule has 3 saturated heterocycles. The lowest BCUT2D eigenvalue weighted by Crippen LogP contribution is -2.59. The fourth-order valence-electron chi connectivity index (χ4n) is 5.43. The highest BCUT2D eigenvalue weighted by Gasteiger charge is 2.66. The second-order valence-corrected chi connectivity index (χ2v) is 10.4. The Bertz CT molecular complexity index is 459. The van der Waals surface area contributed by atoms with E-state index < -0.39 is 0 Å². The van der Waals surface area contributed by atoms with Crippen LogP contribution in [0.3, 0.4) is 0 Å². The molecular weight excluding hydrogens is 316 g/mol. The quantitative estimate of drug-likeness (QED) is 0.836. The molecule has 5 heteroatoms. The molecule has 0 aromatic carbocycles. The monoisotopic (exact) mass is 354 g/mol. The number of thioether (sulfide) groups is 1. The molecule has 3 aliphatic heterocycles. The van der Waals surface area contributed by atoms with Gasteiger partial charge in [-0.15, -0.1) is 11.8 Å². The third kappa shape index (κ3) is 2.75. The van der Waals surface area contributed by atoms with E-state index in [2.05, 4.69) is 87.8 Å². The standard InChI is InChI=1S/C19H38N4S/c1-12(2)9-10-20-17-16-19(5,23(8)22(17)7)15-13(3)11-14(4)21(6)18(15)24-16/h12-18,20H,9-11H2,1-8H3. The lowest BCUT2D eigenvalue weighted by atomic mass is 9.71. The van der Waals surface area contributed by atoms with Crippen molar-refractivity contribution in [1.82, 2.24) is 20.2 Å². The van der Waals surface area contributed by atoms with Gasteiger partial charge >= 0.3 is 0 Å². The van der Waals surface area contributed by atoms with E-state index in [0.29, 0.717) is 22.8 Å². The molecular formula is C19H38N4S. The molecule has 3 aliphatic rings. The Morgan fingerprint density at radius 3 is 2.50 bits per heavy atom. The Balaban J connectivity index is 1.83. The first kappa shape index (κ1) is 19.0. The average molecular weight is 355 g/mol. The van der Waals surface area contributed by atoms with Gasteiger partial charge in [-0.3, -0.25) is 10.2 Å². The molecule has 0 amide bonds. The van der Waals surface area contributed by atoms with E-state index in [1.807, 2.05) is 0 Å². The van der Waals surface area contributed by atoms with Crippen LogP contribution >= 0.6 is 11.8 Å². The van der Waals surface area contributed by atoms with Crippen molar-refractivity contribution in [3.8, 4) is 0 Å². The number of hydrazine groups is 1. The number of rotatable bonds is 4. The van der Waals surface area contributed by atoms with Crippen molar-refractivity contribution in [3.05, 3.63) is 0 Å². The van der Waals surface area contributed by atoms with Crippen LogP contribution in [0.2, 0.25) is 0 Å². The fraction of sp³-hybridized carbons (Fsp3) is 1.00. The highest BCUT2D eigenvalue weighted by molar-refractivity contribution is 8.00. The maximum absolute atomic E-state index is 3.89. The summed E-state index contributed by atoms with van der Waals surface area (Å²) in [5, 5.41) is 10.2. The van der Waals surface area contributed by atoms with Crippen LogP contribution in [0, 0.1) is 17.8 Å². The fourth-order valence-corrected chi connectivity index (χ4v) is 7.85. The van der Waals surface area contributed by atoms with E-state index in [1.54, 1.807) is 0 Å². The normalized spacial score (nSPS) is 47.4. The van der Waals surface area contributed by atoms with Gasteiger partial charge in [0.2, 0.25) is 0 Å². The number of likely N-dealkylation sites (tertiary alicyclic amines) is 1. The second-order valence-electron chi connectivity index (χ2n) is 9.11. The van der Waals surface area contributed by atoms with Crippen LogP contribution < -0.4 is 5.32 Å². The molecule has 0 saturated carbocycles. The molecule has 0 aliphatic carbocycles. The molecule has 0 aromatic rings. The van der Waals surface area contributed by atoms with Crippen molar-refractivity contribution in [1.29, 1.82) is 0 Å². The van der Waals surface area contributed by atoms with Crippen molar-refractivity contribution in [2.24, 2.45) is 17.8 Å².